The average molecular weight is 366 g/mol. The van der Waals surface area contributed by atoms with Gasteiger partial charge in [0.25, 0.3) is 11.8 Å². The molecule has 6 heteroatoms. The summed E-state index contributed by atoms with van der Waals surface area (Å²) in [5.41, 5.74) is 1.07. The number of carbonyl (C=O) groups is 3. The maximum absolute atomic E-state index is 12.9. The maximum Gasteiger partial charge on any atom is 0.305 e. The molecule has 1 heterocycles. The Balaban J connectivity index is 1.84. The van der Waals surface area contributed by atoms with E-state index in [9.17, 15) is 19.5 Å². The number of aliphatic carboxylic acids is 1. The molecule has 2 atom stereocenters. The van der Waals surface area contributed by atoms with Crippen molar-refractivity contribution in [1.29, 1.82) is 0 Å². The van der Waals surface area contributed by atoms with Gasteiger partial charge in [0.05, 0.1) is 12.5 Å². The van der Waals surface area contributed by atoms with Crippen LogP contribution in [0.3, 0.4) is 0 Å². The molecule has 2 amide bonds. The SMILES string of the molecule is C[C@H]1CN(C(=O)c2ccccc2)[C@H](CC(=O)O)CN1C(=O)c1ccccc1. The number of nitrogens with zero attached hydrogens (tertiary/aromatic N) is 2. The smallest absolute Gasteiger partial charge is 0.305 e. The third kappa shape index (κ3) is 4.16. The van der Waals surface area contributed by atoms with E-state index in [1.807, 2.05) is 19.1 Å². The van der Waals surface area contributed by atoms with Crippen molar-refractivity contribution in [3.05, 3.63) is 71.8 Å². The quantitative estimate of drug-likeness (QED) is 0.902. The molecule has 0 radical (unpaired) electrons. The van der Waals surface area contributed by atoms with Crippen LogP contribution in [0.15, 0.2) is 60.7 Å². The predicted molar refractivity (Wildman–Crippen MR) is 100 cm³/mol. The van der Waals surface area contributed by atoms with E-state index in [0.717, 1.165) is 0 Å². The summed E-state index contributed by atoms with van der Waals surface area (Å²) in [6.07, 6.45) is -0.205. The molecule has 0 aliphatic carbocycles. The molecule has 27 heavy (non-hydrogen) atoms. The number of piperazine rings is 1. The van der Waals surface area contributed by atoms with Crippen molar-refractivity contribution in [3.63, 3.8) is 0 Å². The zero-order valence-corrected chi connectivity index (χ0v) is 15.1. The van der Waals surface area contributed by atoms with Gasteiger partial charge in [-0.1, -0.05) is 36.4 Å². The molecular weight excluding hydrogens is 344 g/mol. The molecule has 6 nitrogen and oxygen atoms in total. The van der Waals surface area contributed by atoms with Crippen molar-refractivity contribution in [3.8, 4) is 0 Å². The predicted octanol–water partition coefficient (Wildman–Crippen LogP) is 2.52. The van der Waals surface area contributed by atoms with Crippen molar-refractivity contribution < 1.29 is 19.5 Å². The minimum absolute atomic E-state index is 0.148. The summed E-state index contributed by atoms with van der Waals surface area (Å²) in [5, 5.41) is 9.30. The molecule has 0 unspecified atom stereocenters. The van der Waals surface area contributed by atoms with E-state index >= 15 is 0 Å². The zero-order valence-electron chi connectivity index (χ0n) is 15.1. The van der Waals surface area contributed by atoms with Gasteiger partial charge in [-0.15, -0.1) is 0 Å². The normalized spacial score (nSPS) is 19.6. The Bertz CT molecular complexity index is 823. The number of rotatable bonds is 4. The van der Waals surface area contributed by atoms with Gasteiger partial charge in [-0.3, -0.25) is 14.4 Å². The minimum atomic E-state index is -0.993. The van der Waals surface area contributed by atoms with Crippen LogP contribution >= 0.6 is 0 Å². The zero-order chi connectivity index (χ0) is 19.4. The molecule has 1 aliphatic heterocycles. The Morgan fingerprint density at radius 3 is 1.81 bits per heavy atom. The van der Waals surface area contributed by atoms with Gasteiger partial charge in [-0.05, 0) is 31.2 Å². The standard InChI is InChI=1S/C21H22N2O4/c1-15-13-23(21(27)17-10-6-3-7-11-17)18(12-19(24)25)14-22(15)20(26)16-8-4-2-5-9-16/h2-11,15,18H,12-14H2,1H3,(H,24,25)/t15-,18+/m0/s1. The highest BCUT2D eigenvalue weighted by molar-refractivity contribution is 5.96. The van der Waals surface area contributed by atoms with E-state index in [-0.39, 0.29) is 30.8 Å². The summed E-state index contributed by atoms with van der Waals surface area (Å²) >= 11 is 0. The molecule has 1 saturated heterocycles. The van der Waals surface area contributed by atoms with Gasteiger partial charge in [-0.25, -0.2) is 0 Å². The van der Waals surface area contributed by atoms with Crippen molar-refractivity contribution in [2.24, 2.45) is 0 Å². The maximum atomic E-state index is 12.9. The van der Waals surface area contributed by atoms with Gasteiger partial charge >= 0.3 is 5.97 Å². The van der Waals surface area contributed by atoms with E-state index in [1.165, 1.54) is 0 Å². The second-order valence-corrected chi connectivity index (χ2v) is 6.75. The molecule has 3 rings (SSSR count). The van der Waals surface area contributed by atoms with Crippen LogP contribution in [0.2, 0.25) is 0 Å². The van der Waals surface area contributed by atoms with Crippen molar-refractivity contribution in [2.45, 2.75) is 25.4 Å². The van der Waals surface area contributed by atoms with Gasteiger partial charge in [-0.2, -0.15) is 0 Å². The molecule has 0 bridgehead atoms. The Hall–Kier alpha value is -3.15. The Morgan fingerprint density at radius 2 is 1.33 bits per heavy atom. The summed E-state index contributed by atoms with van der Waals surface area (Å²) in [5.74, 6) is -1.35. The molecular formula is C21H22N2O4. The number of carboxylic acid groups (broad SMARTS) is 1. The molecule has 2 aromatic carbocycles. The van der Waals surface area contributed by atoms with Crippen LogP contribution in [0, 0.1) is 0 Å². The highest BCUT2D eigenvalue weighted by atomic mass is 16.4. The van der Waals surface area contributed by atoms with Gasteiger partial charge < -0.3 is 14.9 Å². The van der Waals surface area contributed by atoms with Crippen LogP contribution in [0.1, 0.15) is 34.1 Å². The van der Waals surface area contributed by atoms with E-state index in [0.29, 0.717) is 17.7 Å². The molecule has 0 spiro atoms. The van der Waals surface area contributed by atoms with E-state index in [1.54, 1.807) is 58.3 Å². The van der Waals surface area contributed by atoms with Crippen LogP contribution in [-0.2, 0) is 4.79 Å². The molecule has 0 saturated carbocycles. The Morgan fingerprint density at radius 1 is 0.852 bits per heavy atom. The van der Waals surface area contributed by atoms with Gasteiger partial charge in [0.2, 0.25) is 0 Å². The molecule has 140 valence electrons. The van der Waals surface area contributed by atoms with Crippen molar-refractivity contribution in [2.75, 3.05) is 13.1 Å². The van der Waals surface area contributed by atoms with Crippen LogP contribution in [0.25, 0.3) is 0 Å². The molecule has 1 N–H and O–H groups in total. The van der Waals surface area contributed by atoms with Crippen molar-refractivity contribution >= 4 is 17.8 Å². The van der Waals surface area contributed by atoms with E-state index in [4.69, 9.17) is 0 Å². The van der Waals surface area contributed by atoms with Gasteiger partial charge in [0.15, 0.2) is 0 Å². The fraction of sp³-hybridized carbons (Fsp3) is 0.286. The second kappa shape index (κ2) is 8.03. The lowest BCUT2D eigenvalue weighted by atomic mass is 10.0. The molecule has 1 aliphatic rings. The molecule has 2 aromatic rings. The fourth-order valence-electron chi connectivity index (χ4n) is 3.44. The highest BCUT2D eigenvalue weighted by Gasteiger charge is 2.38. The number of carboxylic acids is 1. The lowest BCUT2D eigenvalue weighted by molar-refractivity contribution is -0.138. The first-order chi connectivity index (χ1) is 13.0. The lowest BCUT2D eigenvalue weighted by Crippen LogP contribution is -2.60. The number of hydrogen-bond donors (Lipinski definition) is 1. The number of benzene rings is 2. The fourth-order valence-corrected chi connectivity index (χ4v) is 3.44. The van der Waals surface area contributed by atoms with Gasteiger partial charge in [0, 0.05) is 30.3 Å². The van der Waals surface area contributed by atoms with Crippen LogP contribution in [-0.4, -0.2) is 57.9 Å². The Kier molecular flexibility index (Phi) is 5.54. The topological polar surface area (TPSA) is 77.9 Å². The summed E-state index contributed by atoms with van der Waals surface area (Å²) in [4.78, 5) is 40.4. The lowest BCUT2D eigenvalue weighted by Gasteiger charge is -2.45. The number of hydrogen-bond acceptors (Lipinski definition) is 3. The summed E-state index contributed by atoms with van der Waals surface area (Å²) in [6, 6.07) is 16.9. The van der Waals surface area contributed by atoms with Crippen molar-refractivity contribution in [1.82, 2.24) is 9.80 Å². The molecule has 0 aromatic heterocycles. The van der Waals surface area contributed by atoms with E-state index < -0.39 is 12.0 Å². The minimum Gasteiger partial charge on any atom is -0.481 e. The summed E-state index contributed by atoms with van der Waals surface area (Å²) in [6.45, 7) is 2.37. The third-order valence-corrected chi connectivity index (χ3v) is 4.81. The van der Waals surface area contributed by atoms with Crippen LogP contribution in [0.4, 0.5) is 0 Å². The average Bonchev–Trinajstić information content (AvgIpc) is 2.69. The Labute approximate surface area is 158 Å². The van der Waals surface area contributed by atoms with Gasteiger partial charge in [0.1, 0.15) is 0 Å². The monoisotopic (exact) mass is 366 g/mol. The molecule has 1 fully saturated rings. The summed E-state index contributed by atoms with van der Waals surface area (Å²) in [7, 11) is 0. The first kappa shape index (κ1) is 18.6. The number of amides is 2. The largest absolute Gasteiger partial charge is 0.481 e. The van der Waals surface area contributed by atoms with Crippen LogP contribution < -0.4 is 0 Å². The first-order valence-corrected chi connectivity index (χ1v) is 8.91. The third-order valence-electron chi connectivity index (χ3n) is 4.81. The highest BCUT2D eigenvalue weighted by Crippen LogP contribution is 2.22. The van der Waals surface area contributed by atoms with E-state index in [2.05, 4.69) is 0 Å². The number of carbonyl (C=O) groups excluding carboxylic acids is 2. The van der Waals surface area contributed by atoms with Crippen LogP contribution in [0.5, 0.6) is 0 Å². The first-order valence-electron chi connectivity index (χ1n) is 8.91. The second-order valence-electron chi connectivity index (χ2n) is 6.75. The summed E-state index contributed by atoms with van der Waals surface area (Å²) < 4.78 is 0.